The first-order valence-corrected chi connectivity index (χ1v) is 7.92. The highest BCUT2D eigenvalue weighted by Gasteiger charge is 2.46. The quantitative estimate of drug-likeness (QED) is 0.789. The van der Waals surface area contributed by atoms with Crippen molar-refractivity contribution in [3.8, 4) is 6.07 Å². The molecule has 0 fully saturated rings. The van der Waals surface area contributed by atoms with Gasteiger partial charge in [0.2, 0.25) is 5.78 Å². The van der Waals surface area contributed by atoms with Crippen molar-refractivity contribution in [2.45, 2.75) is 12.0 Å². The van der Waals surface area contributed by atoms with Crippen LogP contribution >= 0.6 is 0 Å². The molecule has 0 aliphatic heterocycles. The van der Waals surface area contributed by atoms with Crippen molar-refractivity contribution in [3.05, 3.63) is 71.8 Å². The van der Waals surface area contributed by atoms with E-state index in [2.05, 4.69) is 6.07 Å². The standard InChI is InChI=1S/C20H21N3O2/c1-22(2)19(25)23(3)20(15-21,14-16-10-6-4-7-11-16)18(24)17-12-8-5-9-13-17/h4-13H,14H2,1-3H3. The van der Waals surface area contributed by atoms with Gasteiger partial charge in [-0.15, -0.1) is 0 Å². The van der Waals surface area contributed by atoms with Crippen molar-refractivity contribution in [2.24, 2.45) is 0 Å². The Hall–Kier alpha value is -3.13. The van der Waals surface area contributed by atoms with Gasteiger partial charge in [0.15, 0.2) is 5.54 Å². The monoisotopic (exact) mass is 335 g/mol. The van der Waals surface area contributed by atoms with Crippen LogP contribution in [0.25, 0.3) is 0 Å². The molecule has 0 aliphatic rings. The highest BCUT2D eigenvalue weighted by Crippen LogP contribution is 2.26. The predicted molar refractivity (Wildman–Crippen MR) is 96.1 cm³/mol. The molecule has 2 amide bonds. The molecule has 2 aromatic carbocycles. The molecule has 0 aromatic heterocycles. The number of Topliss-reactive ketones (excluding diaryl/α,β-unsaturated/α-hetero) is 1. The molecule has 5 nitrogen and oxygen atoms in total. The Bertz CT molecular complexity index is 782. The summed E-state index contributed by atoms with van der Waals surface area (Å²) in [6.07, 6.45) is 0.119. The van der Waals surface area contributed by atoms with Gasteiger partial charge in [0, 0.05) is 33.1 Å². The summed E-state index contributed by atoms with van der Waals surface area (Å²) in [4.78, 5) is 28.3. The van der Waals surface area contributed by atoms with Crippen LogP contribution in [0.2, 0.25) is 0 Å². The summed E-state index contributed by atoms with van der Waals surface area (Å²) in [5.74, 6) is -0.392. The van der Waals surface area contributed by atoms with E-state index in [0.29, 0.717) is 5.56 Å². The zero-order valence-corrected chi connectivity index (χ0v) is 14.6. The molecule has 0 spiro atoms. The number of hydrogen-bond acceptors (Lipinski definition) is 3. The van der Waals surface area contributed by atoms with Gasteiger partial charge in [0.1, 0.15) is 0 Å². The minimum atomic E-state index is -1.62. The highest BCUT2D eigenvalue weighted by molar-refractivity contribution is 6.07. The van der Waals surface area contributed by atoms with E-state index in [9.17, 15) is 14.9 Å². The van der Waals surface area contributed by atoms with Gasteiger partial charge < -0.3 is 9.80 Å². The lowest BCUT2D eigenvalue weighted by atomic mass is 9.83. The van der Waals surface area contributed by atoms with Gasteiger partial charge in [-0.1, -0.05) is 60.7 Å². The summed E-state index contributed by atoms with van der Waals surface area (Å²) in [5, 5.41) is 9.99. The van der Waals surface area contributed by atoms with Gasteiger partial charge in [0.05, 0.1) is 6.07 Å². The number of rotatable bonds is 5. The van der Waals surface area contributed by atoms with Crippen LogP contribution in [0.3, 0.4) is 0 Å². The summed E-state index contributed by atoms with van der Waals surface area (Å²) in [7, 11) is 4.68. The van der Waals surface area contributed by atoms with E-state index in [4.69, 9.17) is 0 Å². The highest BCUT2D eigenvalue weighted by atomic mass is 16.2. The molecule has 2 rings (SSSR count). The van der Waals surface area contributed by atoms with E-state index in [1.165, 1.54) is 16.8 Å². The number of amides is 2. The maximum atomic E-state index is 13.2. The molecule has 2 aromatic rings. The van der Waals surface area contributed by atoms with E-state index in [1.54, 1.807) is 44.4 Å². The Labute approximate surface area is 148 Å². The maximum Gasteiger partial charge on any atom is 0.320 e. The summed E-state index contributed by atoms with van der Waals surface area (Å²) in [6, 6.07) is 19.6. The van der Waals surface area contributed by atoms with Crippen molar-refractivity contribution in [1.82, 2.24) is 9.80 Å². The number of benzene rings is 2. The average Bonchev–Trinajstić information content (AvgIpc) is 2.65. The number of carbonyl (C=O) groups excluding carboxylic acids is 2. The third kappa shape index (κ3) is 3.69. The molecule has 0 bridgehead atoms. The number of hydrogen-bond donors (Lipinski definition) is 0. The fraction of sp³-hybridized carbons (Fsp3) is 0.250. The normalized spacial score (nSPS) is 12.6. The largest absolute Gasteiger partial charge is 0.331 e. The van der Waals surface area contributed by atoms with Crippen molar-refractivity contribution < 1.29 is 9.59 Å². The molecule has 0 heterocycles. The number of nitrogens with zero attached hydrogens (tertiary/aromatic N) is 3. The van der Waals surface area contributed by atoms with Crippen molar-refractivity contribution in [1.29, 1.82) is 5.26 Å². The molecular formula is C20H21N3O2. The minimum absolute atomic E-state index is 0.119. The van der Waals surface area contributed by atoms with E-state index in [-0.39, 0.29) is 6.42 Å². The lowest BCUT2D eigenvalue weighted by molar-refractivity contribution is 0.0759. The Balaban J connectivity index is 2.55. The summed E-state index contributed by atoms with van der Waals surface area (Å²) in [6.45, 7) is 0. The zero-order valence-electron chi connectivity index (χ0n) is 14.6. The SMILES string of the molecule is CN(C)C(=O)N(C)C(C#N)(Cc1ccccc1)C(=O)c1ccccc1. The Kier molecular flexibility index (Phi) is 5.56. The van der Waals surface area contributed by atoms with Gasteiger partial charge in [-0.3, -0.25) is 4.79 Å². The van der Waals surface area contributed by atoms with Crippen LogP contribution in [0.5, 0.6) is 0 Å². The van der Waals surface area contributed by atoms with Crippen LogP contribution in [0.1, 0.15) is 15.9 Å². The fourth-order valence-electron chi connectivity index (χ4n) is 2.70. The molecule has 0 saturated carbocycles. The lowest BCUT2D eigenvalue weighted by Crippen LogP contribution is -2.58. The Morgan fingerprint density at radius 1 is 0.960 bits per heavy atom. The molecule has 0 N–H and O–H groups in total. The summed E-state index contributed by atoms with van der Waals surface area (Å²) < 4.78 is 0. The summed E-state index contributed by atoms with van der Waals surface area (Å²) in [5.41, 5.74) is -0.408. The molecule has 0 saturated heterocycles. The van der Waals surface area contributed by atoms with Gasteiger partial charge in [0.25, 0.3) is 0 Å². The first-order valence-electron chi connectivity index (χ1n) is 7.92. The second-order valence-corrected chi connectivity index (χ2v) is 6.07. The maximum absolute atomic E-state index is 13.2. The van der Waals surface area contributed by atoms with Crippen LogP contribution in [-0.2, 0) is 6.42 Å². The second-order valence-electron chi connectivity index (χ2n) is 6.07. The van der Waals surface area contributed by atoms with Gasteiger partial charge >= 0.3 is 6.03 Å². The van der Waals surface area contributed by atoms with Crippen molar-refractivity contribution in [3.63, 3.8) is 0 Å². The Morgan fingerprint density at radius 3 is 1.96 bits per heavy atom. The van der Waals surface area contributed by atoms with Crippen molar-refractivity contribution in [2.75, 3.05) is 21.1 Å². The minimum Gasteiger partial charge on any atom is -0.331 e. The molecule has 1 unspecified atom stereocenters. The lowest BCUT2D eigenvalue weighted by Gasteiger charge is -2.36. The van der Waals surface area contributed by atoms with Crippen molar-refractivity contribution >= 4 is 11.8 Å². The van der Waals surface area contributed by atoms with Gasteiger partial charge in [-0.05, 0) is 5.56 Å². The average molecular weight is 335 g/mol. The van der Waals surface area contributed by atoms with Crippen LogP contribution in [-0.4, -0.2) is 48.3 Å². The molecule has 0 aliphatic carbocycles. The van der Waals surface area contributed by atoms with E-state index in [0.717, 1.165) is 5.56 Å². The van der Waals surface area contributed by atoms with Crippen LogP contribution in [0.4, 0.5) is 4.79 Å². The third-order valence-electron chi connectivity index (χ3n) is 4.14. The second kappa shape index (κ2) is 7.63. The number of urea groups is 1. The topological polar surface area (TPSA) is 64.4 Å². The van der Waals surface area contributed by atoms with Crippen LogP contribution in [0.15, 0.2) is 60.7 Å². The molecule has 5 heteroatoms. The Morgan fingerprint density at radius 2 is 1.48 bits per heavy atom. The summed E-state index contributed by atoms with van der Waals surface area (Å²) >= 11 is 0. The molecule has 1 atom stereocenters. The van der Waals surface area contributed by atoms with Crippen LogP contribution < -0.4 is 0 Å². The fourth-order valence-corrected chi connectivity index (χ4v) is 2.70. The van der Waals surface area contributed by atoms with E-state index < -0.39 is 17.4 Å². The number of likely N-dealkylation sites (N-methyl/N-ethyl adjacent to an activating group) is 1. The van der Waals surface area contributed by atoms with Gasteiger partial charge in [-0.25, -0.2) is 4.79 Å². The van der Waals surface area contributed by atoms with Crippen LogP contribution in [0, 0.1) is 11.3 Å². The smallest absolute Gasteiger partial charge is 0.320 e. The molecule has 25 heavy (non-hydrogen) atoms. The van der Waals surface area contributed by atoms with Gasteiger partial charge in [-0.2, -0.15) is 5.26 Å². The third-order valence-corrected chi connectivity index (χ3v) is 4.14. The van der Waals surface area contributed by atoms with E-state index >= 15 is 0 Å². The molecular weight excluding hydrogens is 314 g/mol. The predicted octanol–water partition coefficient (Wildman–Crippen LogP) is 2.99. The number of carbonyl (C=O) groups is 2. The molecule has 0 radical (unpaired) electrons. The first-order chi connectivity index (χ1) is 11.9. The molecule has 128 valence electrons. The number of ketones is 1. The van der Waals surface area contributed by atoms with E-state index in [1.807, 2.05) is 30.3 Å². The number of nitriles is 1. The zero-order chi connectivity index (χ0) is 18.4. The first kappa shape index (κ1) is 18.2.